The van der Waals surface area contributed by atoms with Gasteiger partial charge in [-0.1, -0.05) is 12.8 Å². The van der Waals surface area contributed by atoms with E-state index in [9.17, 15) is 0 Å². The van der Waals surface area contributed by atoms with Crippen molar-refractivity contribution in [2.24, 2.45) is 5.41 Å². The Labute approximate surface area is 116 Å². The number of hydrogen-bond donors (Lipinski definition) is 0. The van der Waals surface area contributed by atoms with Crippen LogP contribution in [-0.4, -0.2) is 13.1 Å². The standard InChI is InChI=1S/C17H22N2/c1-14-12-16(5-4-15(14)13-18)19-10-8-17(9-11-19)6-2-3-7-17/h4-5,12H,2-3,6-11H2,1H3. The first-order valence-electron chi connectivity index (χ1n) is 7.48. The predicted octanol–water partition coefficient (Wildman–Crippen LogP) is 4.03. The van der Waals surface area contributed by atoms with E-state index in [2.05, 4.69) is 23.1 Å². The van der Waals surface area contributed by atoms with E-state index in [-0.39, 0.29) is 0 Å². The van der Waals surface area contributed by atoms with Crippen molar-refractivity contribution in [3.8, 4) is 6.07 Å². The number of rotatable bonds is 1. The van der Waals surface area contributed by atoms with Gasteiger partial charge in [-0.25, -0.2) is 0 Å². The molecule has 1 aromatic carbocycles. The van der Waals surface area contributed by atoms with Crippen LogP contribution >= 0.6 is 0 Å². The molecule has 0 atom stereocenters. The lowest BCUT2D eigenvalue weighted by Gasteiger charge is -2.40. The number of anilines is 1. The summed E-state index contributed by atoms with van der Waals surface area (Å²) in [6.07, 6.45) is 8.49. The van der Waals surface area contributed by atoms with Gasteiger partial charge < -0.3 is 4.90 Å². The molecule has 2 fully saturated rings. The molecular weight excluding hydrogens is 232 g/mol. The molecule has 2 heteroatoms. The number of hydrogen-bond acceptors (Lipinski definition) is 2. The van der Waals surface area contributed by atoms with Gasteiger partial charge in [-0.15, -0.1) is 0 Å². The molecule has 3 rings (SSSR count). The highest BCUT2D eigenvalue weighted by Gasteiger charge is 2.36. The second-order valence-electron chi connectivity index (χ2n) is 6.31. The summed E-state index contributed by atoms with van der Waals surface area (Å²) in [6, 6.07) is 8.49. The van der Waals surface area contributed by atoms with Crippen molar-refractivity contribution in [3.63, 3.8) is 0 Å². The van der Waals surface area contributed by atoms with E-state index < -0.39 is 0 Å². The second-order valence-corrected chi connectivity index (χ2v) is 6.31. The van der Waals surface area contributed by atoms with E-state index in [4.69, 9.17) is 5.26 Å². The zero-order valence-corrected chi connectivity index (χ0v) is 11.8. The summed E-state index contributed by atoms with van der Waals surface area (Å²) in [6.45, 7) is 4.40. The average molecular weight is 254 g/mol. The van der Waals surface area contributed by atoms with Crippen LogP contribution in [0.1, 0.15) is 49.7 Å². The molecule has 1 spiro atoms. The van der Waals surface area contributed by atoms with E-state index in [0.717, 1.165) is 11.1 Å². The molecule has 1 heterocycles. The third-order valence-corrected chi connectivity index (χ3v) is 5.18. The fourth-order valence-corrected chi connectivity index (χ4v) is 3.83. The maximum Gasteiger partial charge on any atom is 0.0994 e. The summed E-state index contributed by atoms with van der Waals surface area (Å²) in [5.74, 6) is 0. The van der Waals surface area contributed by atoms with Crippen LogP contribution in [0.25, 0.3) is 0 Å². The Hall–Kier alpha value is -1.49. The molecule has 0 bridgehead atoms. The van der Waals surface area contributed by atoms with Crippen molar-refractivity contribution < 1.29 is 0 Å². The van der Waals surface area contributed by atoms with Crippen LogP contribution in [0.3, 0.4) is 0 Å². The number of nitriles is 1. The molecule has 1 aliphatic heterocycles. The zero-order valence-electron chi connectivity index (χ0n) is 11.8. The van der Waals surface area contributed by atoms with Crippen LogP contribution in [0.15, 0.2) is 18.2 Å². The highest BCUT2D eigenvalue weighted by molar-refractivity contribution is 5.53. The summed E-state index contributed by atoms with van der Waals surface area (Å²) >= 11 is 0. The number of piperidine rings is 1. The Morgan fingerprint density at radius 1 is 1.11 bits per heavy atom. The quantitative estimate of drug-likeness (QED) is 0.756. The van der Waals surface area contributed by atoms with Gasteiger partial charge in [0.2, 0.25) is 0 Å². The highest BCUT2D eigenvalue weighted by atomic mass is 15.1. The van der Waals surface area contributed by atoms with E-state index >= 15 is 0 Å². The highest BCUT2D eigenvalue weighted by Crippen LogP contribution is 2.46. The van der Waals surface area contributed by atoms with Gasteiger partial charge in [0.05, 0.1) is 11.6 Å². The Morgan fingerprint density at radius 3 is 2.37 bits per heavy atom. The van der Waals surface area contributed by atoms with Gasteiger partial charge in [-0.05, 0) is 61.8 Å². The normalized spacial score (nSPS) is 21.6. The summed E-state index contributed by atoms with van der Waals surface area (Å²) < 4.78 is 0. The molecule has 0 radical (unpaired) electrons. The fourth-order valence-electron chi connectivity index (χ4n) is 3.83. The van der Waals surface area contributed by atoms with Gasteiger partial charge in [-0.3, -0.25) is 0 Å². The summed E-state index contributed by atoms with van der Waals surface area (Å²) in [4.78, 5) is 2.50. The molecular formula is C17H22N2. The number of aryl methyl sites for hydroxylation is 1. The molecule has 1 aliphatic carbocycles. The summed E-state index contributed by atoms with van der Waals surface area (Å²) in [7, 11) is 0. The van der Waals surface area contributed by atoms with Gasteiger partial charge in [0.25, 0.3) is 0 Å². The maximum atomic E-state index is 9.00. The van der Waals surface area contributed by atoms with Crippen molar-refractivity contribution >= 4 is 5.69 Å². The van der Waals surface area contributed by atoms with Crippen molar-refractivity contribution in [1.82, 2.24) is 0 Å². The van der Waals surface area contributed by atoms with Crippen LogP contribution in [-0.2, 0) is 0 Å². The summed E-state index contributed by atoms with van der Waals surface area (Å²) in [5.41, 5.74) is 3.87. The van der Waals surface area contributed by atoms with Crippen molar-refractivity contribution in [3.05, 3.63) is 29.3 Å². The molecule has 1 aromatic rings. The first-order valence-corrected chi connectivity index (χ1v) is 7.48. The summed E-state index contributed by atoms with van der Waals surface area (Å²) in [5, 5.41) is 9.00. The fraction of sp³-hybridized carbons (Fsp3) is 0.588. The number of nitrogens with zero attached hydrogens (tertiary/aromatic N) is 2. The van der Waals surface area contributed by atoms with Crippen LogP contribution < -0.4 is 4.90 Å². The minimum Gasteiger partial charge on any atom is -0.371 e. The van der Waals surface area contributed by atoms with Gasteiger partial charge in [0.15, 0.2) is 0 Å². The SMILES string of the molecule is Cc1cc(N2CCC3(CCCC3)CC2)ccc1C#N. The topological polar surface area (TPSA) is 27.0 Å². The molecule has 0 unspecified atom stereocenters. The molecule has 1 saturated carbocycles. The second kappa shape index (κ2) is 4.89. The van der Waals surface area contributed by atoms with E-state index in [0.29, 0.717) is 5.41 Å². The molecule has 0 aromatic heterocycles. The predicted molar refractivity (Wildman–Crippen MR) is 78.2 cm³/mol. The molecule has 19 heavy (non-hydrogen) atoms. The van der Waals surface area contributed by atoms with Gasteiger partial charge in [0, 0.05) is 18.8 Å². The lowest BCUT2D eigenvalue weighted by Crippen LogP contribution is -2.38. The third-order valence-electron chi connectivity index (χ3n) is 5.18. The Balaban J connectivity index is 1.71. The van der Waals surface area contributed by atoms with E-state index in [1.165, 1.54) is 57.3 Å². The van der Waals surface area contributed by atoms with E-state index in [1.807, 2.05) is 13.0 Å². The average Bonchev–Trinajstić information content (AvgIpc) is 2.88. The van der Waals surface area contributed by atoms with Crippen LogP contribution in [0.5, 0.6) is 0 Å². The molecule has 2 aliphatic rings. The lowest BCUT2D eigenvalue weighted by atomic mass is 9.77. The Bertz CT molecular complexity index is 496. The van der Waals surface area contributed by atoms with Crippen molar-refractivity contribution in [2.45, 2.75) is 45.4 Å². The lowest BCUT2D eigenvalue weighted by molar-refractivity contribution is 0.226. The maximum absolute atomic E-state index is 9.00. The Morgan fingerprint density at radius 2 is 1.79 bits per heavy atom. The first kappa shape index (κ1) is 12.5. The smallest absolute Gasteiger partial charge is 0.0994 e. The zero-order chi connectivity index (χ0) is 13.3. The number of benzene rings is 1. The van der Waals surface area contributed by atoms with Crippen LogP contribution in [0.2, 0.25) is 0 Å². The van der Waals surface area contributed by atoms with Crippen LogP contribution in [0.4, 0.5) is 5.69 Å². The molecule has 2 nitrogen and oxygen atoms in total. The van der Waals surface area contributed by atoms with Crippen molar-refractivity contribution in [1.29, 1.82) is 5.26 Å². The van der Waals surface area contributed by atoms with Crippen LogP contribution in [0, 0.1) is 23.7 Å². The molecule has 1 saturated heterocycles. The van der Waals surface area contributed by atoms with Gasteiger partial charge in [-0.2, -0.15) is 5.26 Å². The molecule has 100 valence electrons. The minimum atomic E-state index is 0.679. The first-order chi connectivity index (χ1) is 9.22. The minimum absolute atomic E-state index is 0.679. The molecule has 0 N–H and O–H groups in total. The molecule has 0 amide bonds. The van der Waals surface area contributed by atoms with Crippen molar-refractivity contribution in [2.75, 3.05) is 18.0 Å². The monoisotopic (exact) mass is 254 g/mol. The third kappa shape index (κ3) is 2.34. The van der Waals surface area contributed by atoms with E-state index in [1.54, 1.807) is 0 Å². The van der Waals surface area contributed by atoms with Gasteiger partial charge in [0.1, 0.15) is 0 Å². The largest absolute Gasteiger partial charge is 0.371 e. The van der Waals surface area contributed by atoms with Gasteiger partial charge >= 0.3 is 0 Å². The Kier molecular flexibility index (Phi) is 3.22.